The van der Waals surface area contributed by atoms with Gasteiger partial charge in [0.05, 0.1) is 5.56 Å². The summed E-state index contributed by atoms with van der Waals surface area (Å²) < 4.78 is 30.2. The number of benzene rings is 1. The third kappa shape index (κ3) is 2.96. The van der Waals surface area contributed by atoms with Gasteiger partial charge in [0.15, 0.2) is 5.69 Å². The second kappa shape index (κ2) is 6.67. The molecule has 0 spiro atoms. The number of halogens is 2. The SMILES string of the molecule is Cc1cc(F)c(-c2c(C#N)nc3ncnn3c2NC(C)C(C)C)cc1F. The van der Waals surface area contributed by atoms with Crippen molar-refractivity contribution < 1.29 is 8.78 Å². The second-order valence-electron chi connectivity index (χ2n) is 6.53. The van der Waals surface area contributed by atoms with Crippen LogP contribution in [0.25, 0.3) is 16.9 Å². The lowest BCUT2D eigenvalue weighted by atomic mass is 10.0. The molecule has 1 unspecified atom stereocenters. The van der Waals surface area contributed by atoms with Crippen molar-refractivity contribution in [2.45, 2.75) is 33.7 Å². The van der Waals surface area contributed by atoms with Crippen molar-refractivity contribution in [2.24, 2.45) is 5.92 Å². The number of nitrogens with zero attached hydrogens (tertiary/aromatic N) is 5. The first-order valence-corrected chi connectivity index (χ1v) is 8.19. The molecule has 0 radical (unpaired) electrons. The van der Waals surface area contributed by atoms with E-state index in [4.69, 9.17) is 0 Å². The molecule has 2 heterocycles. The van der Waals surface area contributed by atoms with E-state index in [-0.39, 0.29) is 40.1 Å². The lowest BCUT2D eigenvalue weighted by Gasteiger charge is -2.22. The molecule has 0 aliphatic rings. The van der Waals surface area contributed by atoms with E-state index in [0.29, 0.717) is 5.82 Å². The smallest absolute Gasteiger partial charge is 0.255 e. The van der Waals surface area contributed by atoms with E-state index in [1.54, 1.807) is 0 Å². The highest BCUT2D eigenvalue weighted by Crippen LogP contribution is 2.34. The van der Waals surface area contributed by atoms with Gasteiger partial charge in [0.25, 0.3) is 5.78 Å². The van der Waals surface area contributed by atoms with Crippen molar-refractivity contribution >= 4 is 11.6 Å². The summed E-state index contributed by atoms with van der Waals surface area (Å²) in [6, 6.07) is 4.12. The summed E-state index contributed by atoms with van der Waals surface area (Å²) in [7, 11) is 0. The van der Waals surface area contributed by atoms with Crippen molar-refractivity contribution in [3.63, 3.8) is 0 Å². The number of hydrogen-bond acceptors (Lipinski definition) is 5. The van der Waals surface area contributed by atoms with Crippen LogP contribution in [0.5, 0.6) is 0 Å². The molecule has 0 aliphatic carbocycles. The van der Waals surface area contributed by atoms with Gasteiger partial charge < -0.3 is 5.32 Å². The van der Waals surface area contributed by atoms with Crippen LogP contribution in [0.2, 0.25) is 0 Å². The van der Waals surface area contributed by atoms with Crippen LogP contribution in [0, 0.1) is 35.8 Å². The summed E-state index contributed by atoms with van der Waals surface area (Å²) in [5, 5.41) is 16.9. The zero-order valence-electron chi connectivity index (χ0n) is 14.9. The number of rotatable bonds is 4. The molecule has 0 aliphatic heterocycles. The average Bonchev–Trinajstić information content (AvgIpc) is 3.06. The molecule has 1 aromatic carbocycles. The summed E-state index contributed by atoms with van der Waals surface area (Å²) in [6.45, 7) is 7.48. The van der Waals surface area contributed by atoms with Crippen LogP contribution in [0.1, 0.15) is 32.0 Å². The molecule has 26 heavy (non-hydrogen) atoms. The van der Waals surface area contributed by atoms with E-state index in [1.165, 1.54) is 17.8 Å². The quantitative estimate of drug-likeness (QED) is 0.771. The predicted octanol–water partition coefficient (Wildman–Crippen LogP) is 3.71. The summed E-state index contributed by atoms with van der Waals surface area (Å²) >= 11 is 0. The molecule has 0 saturated carbocycles. The van der Waals surface area contributed by atoms with Gasteiger partial charge in [-0.25, -0.2) is 8.78 Å². The molecule has 1 atom stereocenters. The van der Waals surface area contributed by atoms with Crippen LogP contribution < -0.4 is 5.32 Å². The first kappa shape index (κ1) is 17.7. The number of nitriles is 1. The zero-order chi connectivity index (χ0) is 19.0. The Hall–Kier alpha value is -3.08. The Bertz CT molecular complexity index is 1020. The van der Waals surface area contributed by atoms with E-state index < -0.39 is 11.6 Å². The number of aromatic nitrogens is 4. The van der Waals surface area contributed by atoms with Crippen molar-refractivity contribution in [3.05, 3.63) is 41.4 Å². The van der Waals surface area contributed by atoms with E-state index in [0.717, 1.165) is 12.1 Å². The molecule has 134 valence electrons. The summed E-state index contributed by atoms with van der Waals surface area (Å²) in [4.78, 5) is 8.15. The Morgan fingerprint density at radius 3 is 2.58 bits per heavy atom. The fraction of sp³-hybridized carbons (Fsp3) is 0.333. The average molecular weight is 356 g/mol. The highest BCUT2D eigenvalue weighted by atomic mass is 19.1. The maximum atomic E-state index is 14.7. The molecular weight excluding hydrogens is 338 g/mol. The van der Waals surface area contributed by atoms with Crippen LogP contribution in [-0.2, 0) is 0 Å². The molecule has 0 bridgehead atoms. The Kier molecular flexibility index (Phi) is 4.55. The van der Waals surface area contributed by atoms with Gasteiger partial charge in [-0.15, -0.1) is 0 Å². The van der Waals surface area contributed by atoms with Crippen LogP contribution in [-0.4, -0.2) is 25.6 Å². The van der Waals surface area contributed by atoms with Crippen LogP contribution in [0.15, 0.2) is 18.5 Å². The maximum absolute atomic E-state index is 14.7. The van der Waals surface area contributed by atoms with E-state index >= 15 is 0 Å². The predicted molar refractivity (Wildman–Crippen MR) is 93.5 cm³/mol. The lowest BCUT2D eigenvalue weighted by Crippen LogP contribution is -2.24. The lowest BCUT2D eigenvalue weighted by molar-refractivity contribution is 0.556. The van der Waals surface area contributed by atoms with Gasteiger partial charge in [-0.05, 0) is 37.5 Å². The van der Waals surface area contributed by atoms with Gasteiger partial charge in [0.1, 0.15) is 29.8 Å². The molecule has 3 rings (SSSR count). The Labute approximate surface area is 149 Å². The van der Waals surface area contributed by atoms with E-state index in [1.807, 2.05) is 26.8 Å². The Balaban J connectivity index is 2.36. The van der Waals surface area contributed by atoms with Crippen molar-refractivity contribution in [1.82, 2.24) is 19.6 Å². The molecule has 8 heteroatoms. The van der Waals surface area contributed by atoms with Gasteiger partial charge in [-0.2, -0.15) is 24.8 Å². The monoisotopic (exact) mass is 356 g/mol. The van der Waals surface area contributed by atoms with Gasteiger partial charge in [-0.3, -0.25) is 0 Å². The Morgan fingerprint density at radius 1 is 1.19 bits per heavy atom. The molecule has 1 N–H and O–H groups in total. The highest BCUT2D eigenvalue weighted by molar-refractivity contribution is 5.81. The van der Waals surface area contributed by atoms with Crippen LogP contribution in [0.3, 0.4) is 0 Å². The number of anilines is 1. The van der Waals surface area contributed by atoms with Gasteiger partial charge in [0, 0.05) is 11.6 Å². The molecule has 2 aromatic heterocycles. The third-order valence-electron chi connectivity index (χ3n) is 4.41. The van der Waals surface area contributed by atoms with Crippen molar-refractivity contribution in [3.8, 4) is 17.2 Å². The first-order chi connectivity index (χ1) is 12.3. The van der Waals surface area contributed by atoms with Crippen LogP contribution in [0.4, 0.5) is 14.6 Å². The van der Waals surface area contributed by atoms with Crippen molar-refractivity contribution in [1.29, 1.82) is 5.26 Å². The number of aryl methyl sites for hydroxylation is 1. The van der Waals surface area contributed by atoms with Gasteiger partial charge in [-0.1, -0.05) is 13.8 Å². The molecular formula is C18H18F2N6. The number of hydrogen-bond donors (Lipinski definition) is 1. The maximum Gasteiger partial charge on any atom is 0.255 e. The number of nitrogens with one attached hydrogen (secondary N) is 1. The molecule has 0 saturated heterocycles. The molecule has 6 nitrogen and oxygen atoms in total. The third-order valence-corrected chi connectivity index (χ3v) is 4.41. The molecule has 0 fully saturated rings. The Morgan fingerprint density at radius 2 is 1.92 bits per heavy atom. The summed E-state index contributed by atoms with van der Waals surface area (Å²) in [6.07, 6.45) is 1.30. The highest BCUT2D eigenvalue weighted by Gasteiger charge is 2.23. The zero-order valence-corrected chi connectivity index (χ0v) is 14.9. The fourth-order valence-electron chi connectivity index (χ4n) is 2.53. The van der Waals surface area contributed by atoms with Crippen molar-refractivity contribution in [2.75, 3.05) is 5.32 Å². The minimum absolute atomic E-state index is 0.0200. The number of fused-ring (bicyclic) bond motifs is 1. The molecule has 3 aromatic rings. The topological polar surface area (TPSA) is 78.9 Å². The normalized spacial score (nSPS) is 12.4. The summed E-state index contributed by atoms with van der Waals surface area (Å²) in [5.41, 5.74) is 0.248. The second-order valence-corrected chi connectivity index (χ2v) is 6.53. The van der Waals surface area contributed by atoms with Gasteiger partial charge >= 0.3 is 0 Å². The largest absolute Gasteiger partial charge is 0.367 e. The molecule has 0 amide bonds. The van der Waals surface area contributed by atoms with Crippen LogP contribution >= 0.6 is 0 Å². The standard InChI is InChI=1S/C18H18F2N6/c1-9(2)11(4)24-17-16(12-6-13(19)10(3)5-14(12)20)15(7-21)25-18-22-8-23-26(17)18/h5-6,8-9,11,24H,1-4H3. The first-order valence-electron chi connectivity index (χ1n) is 8.19. The minimum atomic E-state index is -0.637. The van der Waals surface area contributed by atoms with Gasteiger partial charge in [0.2, 0.25) is 0 Å². The minimum Gasteiger partial charge on any atom is -0.367 e. The summed E-state index contributed by atoms with van der Waals surface area (Å²) in [5.74, 6) is -0.391. The van der Waals surface area contributed by atoms with E-state index in [9.17, 15) is 14.0 Å². The fourth-order valence-corrected chi connectivity index (χ4v) is 2.53. The van der Waals surface area contributed by atoms with E-state index in [2.05, 4.69) is 20.4 Å².